The molecule has 1 fully saturated rings. The van der Waals surface area contributed by atoms with E-state index in [-0.39, 0.29) is 0 Å². The Hall–Kier alpha value is -1.45. The zero-order valence-corrected chi connectivity index (χ0v) is 7.44. The van der Waals surface area contributed by atoms with Crippen molar-refractivity contribution in [2.75, 3.05) is 0 Å². The molecule has 1 aliphatic carbocycles. The average Bonchev–Trinajstić information content (AvgIpc) is 2.87. The largest absolute Gasteiger partial charge is 0.259 e. The SMILES string of the molecule is Cc1ncc2c(cnn2C2CC2)n1. The number of hydrogen-bond acceptors (Lipinski definition) is 3. The van der Waals surface area contributed by atoms with Crippen molar-refractivity contribution in [2.24, 2.45) is 0 Å². The Labute approximate surface area is 75.6 Å². The summed E-state index contributed by atoms with van der Waals surface area (Å²) in [5.74, 6) is 0.808. The molecule has 4 heteroatoms. The van der Waals surface area contributed by atoms with E-state index in [1.807, 2.05) is 24.0 Å². The quantitative estimate of drug-likeness (QED) is 0.657. The molecule has 0 aromatic carbocycles. The van der Waals surface area contributed by atoms with Crippen LogP contribution in [0.15, 0.2) is 12.4 Å². The van der Waals surface area contributed by atoms with Crippen LogP contribution in [0, 0.1) is 6.92 Å². The van der Waals surface area contributed by atoms with Crippen LogP contribution >= 0.6 is 0 Å². The summed E-state index contributed by atoms with van der Waals surface area (Å²) in [6, 6.07) is 0.601. The summed E-state index contributed by atoms with van der Waals surface area (Å²) in [7, 11) is 0. The summed E-state index contributed by atoms with van der Waals surface area (Å²) in [5.41, 5.74) is 2.02. The van der Waals surface area contributed by atoms with Crippen molar-refractivity contribution < 1.29 is 0 Å². The molecule has 1 saturated carbocycles. The fourth-order valence-electron chi connectivity index (χ4n) is 1.54. The number of fused-ring (bicyclic) bond motifs is 1. The highest BCUT2D eigenvalue weighted by Gasteiger charge is 2.25. The van der Waals surface area contributed by atoms with E-state index in [0.29, 0.717) is 6.04 Å². The summed E-state index contributed by atoms with van der Waals surface area (Å²) < 4.78 is 2.04. The smallest absolute Gasteiger partial charge is 0.126 e. The minimum absolute atomic E-state index is 0.601. The van der Waals surface area contributed by atoms with Crippen molar-refractivity contribution in [3.8, 4) is 0 Å². The lowest BCUT2D eigenvalue weighted by Crippen LogP contribution is -1.96. The summed E-state index contributed by atoms with van der Waals surface area (Å²) in [5, 5.41) is 4.31. The lowest BCUT2D eigenvalue weighted by atomic mass is 10.4. The minimum atomic E-state index is 0.601. The van der Waals surface area contributed by atoms with Crippen LogP contribution < -0.4 is 0 Å². The molecule has 2 aromatic rings. The predicted octanol–water partition coefficient (Wildman–Crippen LogP) is 1.47. The Bertz CT molecular complexity index is 456. The number of aryl methyl sites for hydroxylation is 1. The average molecular weight is 174 g/mol. The summed E-state index contributed by atoms with van der Waals surface area (Å²) in [6.45, 7) is 1.90. The van der Waals surface area contributed by atoms with Crippen LogP contribution in [-0.4, -0.2) is 19.7 Å². The van der Waals surface area contributed by atoms with Gasteiger partial charge in [0, 0.05) is 0 Å². The van der Waals surface area contributed by atoms with E-state index in [1.54, 1.807) is 0 Å². The molecule has 2 aromatic heterocycles. The third-order valence-electron chi connectivity index (χ3n) is 2.36. The van der Waals surface area contributed by atoms with E-state index in [2.05, 4.69) is 15.1 Å². The molecule has 0 N–H and O–H groups in total. The Balaban J connectivity index is 2.26. The number of aromatic nitrogens is 4. The summed E-state index contributed by atoms with van der Waals surface area (Å²) in [4.78, 5) is 8.49. The topological polar surface area (TPSA) is 43.6 Å². The van der Waals surface area contributed by atoms with Gasteiger partial charge in [-0.15, -0.1) is 0 Å². The highest BCUT2D eigenvalue weighted by Crippen LogP contribution is 2.35. The van der Waals surface area contributed by atoms with Gasteiger partial charge in [0.1, 0.15) is 16.9 Å². The summed E-state index contributed by atoms with van der Waals surface area (Å²) >= 11 is 0. The van der Waals surface area contributed by atoms with Crippen molar-refractivity contribution in [1.29, 1.82) is 0 Å². The van der Waals surface area contributed by atoms with Gasteiger partial charge in [0.15, 0.2) is 0 Å². The van der Waals surface area contributed by atoms with Gasteiger partial charge in [-0.05, 0) is 19.8 Å². The van der Waals surface area contributed by atoms with Crippen LogP contribution in [0.5, 0.6) is 0 Å². The zero-order valence-electron chi connectivity index (χ0n) is 7.44. The van der Waals surface area contributed by atoms with Crippen LogP contribution in [0.4, 0.5) is 0 Å². The predicted molar refractivity (Wildman–Crippen MR) is 48.3 cm³/mol. The van der Waals surface area contributed by atoms with Gasteiger partial charge >= 0.3 is 0 Å². The normalized spacial score (nSPS) is 16.7. The lowest BCUT2D eigenvalue weighted by Gasteiger charge is -1.98. The fraction of sp³-hybridized carbons (Fsp3) is 0.444. The van der Waals surface area contributed by atoms with Gasteiger partial charge in [0.05, 0.1) is 18.4 Å². The van der Waals surface area contributed by atoms with E-state index in [0.717, 1.165) is 16.9 Å². The molecule has 4 nitrogen and oxygen atoms in total. The maximum atomic E-state index is 4.31. The van der Waals surface area contributed by atoms with Crippen LogP contribution in [-0.2, 0) is 0 Å². The van der Waals surface area contributed by atoms with Gasteiger partial charge in [-0.3, -0.25) is 4.68 Å². The van der Waals surface area contributed by atoms with Gasteiger partial charge in [0.25, 0.3) is 0 Å². The molecule has 2 heterocycles. The molecule has 1 aliphatic rings. The third-order valence-corrected chi connectivity index (χ3v) is 2.36. The molecule has 0 radical (unpaired) electrons. The van der Waals surface area contributed by atoms with Crippen molar-refractivity contribution in [1.82, 2.24) is 19.7 Å². The summed E-state index contributed by atoms with van der Waals surface area (Å²) in [6.07, 6.45) is 6.17. The molecule has 0 saturated heterocycles. The maximum Gasteiger partial charge on any atom is 0.126 e. The van der Waals surface area contributed by atoms with Crippen LogP contribution in [0.1, 0.15) is 24.7 Å². The highest BCUT2D eigenvalue weighted by atomic mass is 15.3. The monoisotopic (exact) mass is 174 g/mol. The second-order valence-electron chi connectivity index (χ2n) is 3.51. The number of rotatable bonds is 1. The Morgan fingerprint density at radius 1 is 1.38 bits per heavy atom. The first-order chi connectivity index (χ1) is 6.34. The molecule has 3 rings (SSSR count). The molecular weight excluding hydrogens is 164 g/mol. The third kappa shape index (κ3) is 1.02. The first-order valence-electron chi connectivity index (χ1n) is 4.51. The van der Waals surface area contributed by atoms with Gasteiger partial charge in [-0.1, -0.05) is 0 Å². The van der Waals surface area contributed by atoms with Gasteiger partial charge in [-0.25, -0.2) is 9.97 Å². The van der Waals surface area contributed by atoms with Gasteiger partial charge in [-0.2, -0.15) is 5.10 Å². The number of nitrogens with zero attached hydrogens (tertiary/aromatic N) is 4. The second-order valence-corrected chi connectivity index (χ2v) is 3.51. The van der Waals surface area contributed by atoms with Crippen molar-refractivity contribution in [3.63, 3.8) is 0 Å². The van der Waals surface area contributed by atoms with Gasteiger partial charge < -0.3 is 0 Å². The molecule has 13 heavy (non-hydrogen) atoms. The molecular formula is C9H10N4. The van der Waals surface area contributed by atoms with Crippen LogP contribution in [0.2, 0.25) is 0 Å². The molecule has 0 aliphatic heterocycles. The zero-order chi connectivity index (χ0) is 8.84. The fourth-order valence-corrected chi connectivity index (χ4v) is 1.54. The van der Waals surface area contributed by atoms with Crippen LogP contribution in [0.25, 0.3) is 11.0 Å². The van der Waals surface area contributed by atoms with Crippen LogP contribution in [0.3, 0.4) is 0 Å². The Morgan fingerprint density at radius 2 is 2.23 bits per heavy atom. The Morgan fingerprint density at radius 3 is 3.00 bits per heavy atom. The minimum Gasteiger partial charge on any atom is -0.259 e. The first kappa shape index (κ1) is 7.00. The molecule has 0 atom stereocenters. The maximum absolute atomic E-state index is 4.31. The molecule has 0 amide bonds. The standard InChI is InChI=1S/C9H10N4/c1-6-10-5-9-8(12-6)4-11-13(9)7-2-3-7/h4-5,7H,2-3H2,1H3. The van der Waals surface area contributed by atoms with Gasteiger partial charge in [0.2, 0.25) is 0 Å². The molecule has 0 unspecified atom stereocenters. The number of hydrogen-bond donors (Lipinski definition) is 0. The highest BCUT2D eigenvalue weighted by molar-refractivity contribution is 5.73. The van der Waals surface area contributed by atoms with Crippen molar-refractivity contribution in [2.45, 2.75) is 25.8 Å². The van der Waals surface area contributed by atoms with Crippen molar-refractivity contribution >= 4 is 11.0 Å². The molecule has 0 bridgehead atoms. The lowest BCUT2D eigenvalue weighted by molar-refractivity contribution is 0.664. The first-order valence-corrected chi connectivity index (χ1v) is 4.51. The van der Waals surface area contributed by atoms with E-state index < -0.39 is 0 Å². The molecule has 0 spiro atoms. The van der Waals surface area contributed by atoms with E-state index >= 15 is 0 Å². The Kier molecular flexibility index (Phi) is 1.23. The second kappa shape index (κ2) is 2.28. The van der Waals surface area contributed by atoms with E-state index in [4.69, 9.17) is 0 Å². The van der Waals surface area contributed by atoms with E-state index in [9.17, 15) is 0 Å². The van der Waals surface area contributed by atoms with E-state index in [1.165, 1.54) is 12.8 Å². The van der Waals surface area contributed by atoms with Crippen molar-refractivity contribution in [3.05, 3.63) is 18.2 Å². The molecule has 66 valence electrons.